The van der Waals surface area contributed by atoms with Crippen LogP contribution in [0.2, 0.25) is 5.02 Å². The molecule has 2 heterocycles. The predicted molar refractivity (Wildman–Crippen MR) is 105 cm³/mol. The summed E-state index contributed by atoms with van der Waals surface area (Å²) >= 11 is 6.03. The number of amides is 1. The number of nitro benzene ring substituents is 1. The number of non-ortho nitro benzene ring substituents is 1. The van der Waals surface area contributed by atoms with Crippen LogP contribution in [0.1, 0.15) is 27.7 Å². The summed E-state index contributed by atoms with van der Waals surface area (Å²) in [4.78, 5) is 38.2. The van der Waals surface area contributed by atoms with Gasteiger partial charge in [0.1, 0.15) is 5.58 Å². The molecule has 0 bridgehead atoms. The van der Waals surface area contributed by atoms with Crippen LogP contribution in [0.25, 0.3) is 11.0 Å². The second-order valence-corrected chi connectivity index (χ2v) is 6.99. The van der Waals surface area contributed by atoms with Crippen molar-refractivity contribution in [2.45, 2.75) is 6.04 Å². The van der Waals surface area contributed by atoms with Gasteiger partial charge in [-0.3, -0.25) is 19.7 Å². The Labute approximate surface area is 169 Å². The first-order valence-electron chi connectivity index (χ1n) is 8.73. The number of halogens is 1. The highest BCUT2D eigenvalue weighted by molar-refractivity contribution is 6.31. The van der Waals surface area contributed by atoms with Gasteiger partial charge in [0, 0.05) is 30.8 Å². The second kappa shape index (κ2) is 7.31. The van der Waals surface area contributed by atoms with Crippen LogP contribution >= 0.6 is 11.6 Å². The number of nitro groups is 1. The van der Waals surface area contributed by atoms with Gasteiger partial charge in [0.05, 0.1) is 28.5 Å². The first-order chi connectivity index (χ1) is 13.9. The SMILES string of the molecule is COCCN1C(=O)c2oc3ccc(Cl)cc3c(=O)c2C1c1ccc([N+](=O)[O-])cc1. The largest absolute Gasteiger partial charge is 0.450 e. The van der Waals surface area contributed by atoms with E-state index < -0.39 is 16.9 Å². The standard InChI is InChI=1S/C20H15ClN2O6/c1-28-9-8-22-17(11-2-5-13(6-3-11)23(26)27)16-18(24)14-10-12(21)4-7-15(14)29-19(16)20(22)25/h2-7,10,17H,8-9H2,1H3. The molecule has 1 atom stereocenters. The molecule has 1 unspecified atom stereocenters. The van der Waals surface area contributed by atoms with E-state index in [1.807, 2.05) is 0 Å². The summed E-state index contributed by atoms with van der Waals surface area (Å²) in [7, 11) is 1.51. The molecule has 0 aliphatic carbocycles. The lowest BCUT2D eigenvalue weighted by Gasteiger charge is -2.24. The molecule has 0 fully saturated rings. The summed E-state index contributed by atoms with van der Waals surface area (Å²) < 4.78 is 10.9. The van der Waals surface area contributed by atoms with Gasteiger partial charge in [0.2, 0.25) is 5.76 Å². The zero-order valence-corrected chi connectivity index (χ0v) is 16.0. The molecule has 29 heavy (non-hydrogen) atoms. The molecule has 1 aromatic heterocycles. The Morgan fingerprint density at radius 3 is 2.59 bits per heavy atom. The number of benzene rings is 2. The molecule has 2 aromatic carbocycles. The fourth-order valence-electron chi connectivity index (χ4n) is 3.54. The van der Waals surface area contributed by atoms with Crippen molar-refractivity contribution in [1.29, 1.82) is 0 Å². The maximum absolute atomic E-state index is 13.3. The molecule has 1 aliphatic heterocycles. The number of carbonyl (C=O) groups is 1. The molecule has 1 amide bonds. The summed E-state index contributed by atoms with van der Waals surface area (Å²) in [6.45, 7) is 0.473. The van der Waals surface area contributed by atoms with Crippen molar-refractivity contribution in [2.75, 3.05) is 20.3 Å². The van der Waals surface area contributed by atoms with Crippen LogP contribution in [0.4, 0.5) is 5.69 Å². The van der Waals surface area contributed by atoms with Gasteiger partial charge in [-0.1, -0.05) is 11.6 Å². The highest BCUT2D eigenvalue weighted by atomic mass is 35.5. The monoisotopic (exact) mass is 414 g/mol. The Balaban J connectivity index is 1.93. The Morgan fingerprint density at radius 2 is 1.93 bits per heavy atom. The van der Waals surface area contributed by atoms with E-state index in [1.54, 1.807) is 12.1 Å². The van der Waals surface area contributed by atoms with Crippen LogP contribution in [0, 0.1) is 10.1 Å². The molecule has 8 nitrogen and oxygen atoms in total. The lowest BCUT2D eigenvalue weighted by Crippen LogP contribution is -2.32. The number of fused-ring (bicyclic) bond motifs is 2. The molecule has 0 N–H and O–H groups in total. The van der Waals surface area contributed by atoms with Crippen molar-refractivity contribution in [2.24, 2.45) is 0 Å². The third kappa shape index (κ3) is 3.16. The number of nitrogens with zero attached hydrogens (tertiary/aromatic N) is 2. The maximum atomic E-state index is 13.3. The van der Waals surface area contributed by atoms with Gasteiger partial charge in [-0.15, -0.1) is 0 Å². The van der Waals surface area contributed by atoms with Crippen LogP contribution in [-0.2, 0) is 4.74 Å². The highest BCUT2D eigenvalue weighted by Gasteiger charge is 2.42. The zero-order chi connectivity index (χ0) is 20.7. The number of hydrogen-bond donors (Lipinski definition) is 0. The summed E-state index contributed by atoms with van der Waals surface area (Å²) in [5.41, 5.74) is 0.573. The fourth-order valence-corrected chi connectivity index (χ4v) is 3.71. The van der Waals surface area contributed by atoms with E-state index in [1.165, 1.54) is 42.3 Å². The van der Waals surface area contributed by atoms with E-state index in [4.69, 9.17) is 20.8 Å². The van der Waals surface area contributed by atoms with Crippen LogP contribution in [0.5, 0.6) is 0 Å². The van der Waals surface area contributed by atoms with Gasteiger partial charge < -0.3 is 14.1 Å². The fraction of sp³-hybridized carbons (Fsp3) is 0.200. The first kappa shape index (κ1) is 19.1. The Morgan fingerprint density at radius 1 is 1.21 bits per heavy atom. The molecule has 4 rings (SSSR count). The topological polar surface area (TPSA) is 103 Å². The molecule has 0 saturated carbocycles. The second-order valence-electron chi connectivity index (χ2n) is 6.56. The van der Waals surface area contributed by atoms with Crippen molar-refractivity contribution in [3.8, 4) is 0 Å². The molecule has 0 spiro atoms. The molecule has 9 heteroatoms. The minimum atomic E-state index is -0.743. The van der Waals surface area contributed by atoms with Gasteiger partial charge in [0.25, 0.3) is 11.6 Å². The zero-order valence-electron chi connectivity index (χ0n) is 15.3. The summed E-state index contributed by atoms with van der Waals surface area (Å²) in [6, 6.07) is 9.63. The van der Waals surface area contributed by atoms with E-state index in [2.05, 4.69) is 0 Å². The van der Waals surface area contributed by atoms with Crippen LogP contribution in [0.15, 0.2) is 51.7 Å². The number of carbonyl (C=O) groups excluding carboxylic acids is 1. The van der Waals surface area contributed by atoms with Gasteiger partial charge in [-0.05, 0) is 35.9 Å². The van der Waals surface area contributed by atoms with E-state index in [0.717, 1.165) is 0 Å². The van der Waals surface area contributed by atoms with Crippen molar-refractivity contribution >= 4 is 34.2 Å². The molecule has 0 radical (unpaired) electrons. The van der Waals surface area contributed by atoms with Crippen molar-refractivity contribution in [1.82, 2.24) is 4.90 Å². The smallest absolute Gasteiger partial charge is 0.290 e. The first-order valence-corrected chi connectivity index (χ1v) is 9.10. The number of methoxy groups -OCH3 is 1. The lowest BCUT2D eigenvalue weighted by molar-refractivity contribution is -0.384. The Hall–Kier alpha value is -3.23. The molecule has 3 aromatic rings. The van der Waals surface area contributed by atoms with Crippen LogP contribution < -0.4 is 5.43 Å². The normalized spacial score (nSPS) is 15.7. The minimum absolute atomic E-state index is 0.0377. The van der Waals surface area contributed by atoms with E-state index in [0.29, 0.717) is 10.6 Å². The Kier molecular flexibility index (Phi) is 4.81. The summed E-state index contributed by atoms with van der Waals surface area (Å²) in [5, 5.41) is 11.6. The molecule has 1 aliphatic rings. The molecule has 148 valence electrons. The molecular weight excluding hydrogens is 400 g/mol. The van der Waals surface area contributed by atoms with Crippen molar-refractivity contribution in [3.05, 3.63) is 84.7 Å². The van der Waals surface area contributed by atoms with Crippen LogP contribution in [-0.4, -0.2) is 36.0 Å². The van der Waals surface area contributed by atoms with Gasteiger partial charge >= 0.3 is 0 Å². The highest BCUT2D eigenvalue weighted by Crippen LogP contribution is 2.38. The number of rotatable bonds is 5. The van der Waals surface area contributed by atoms with E-state index in [9.17, 15) is 19.7 Å². The summed E-state index contributed by atoms with van der Waals surface area (Å²) in [5.74, 6) is -0.473. The van der Waals surface area contributed by atoms with E-state index >= 15 is 0 Å². The number of ether oxygens (including phenoxy) is 1. The third-order valence-electron chi connectivity index (χ3n) is 4.88. The minimum Gasteiger partial charge on any atom is -0.450 e. The van der Waals surface area contributed by atoms with Crippen LogP contribution in [0.3, 0.4) is 0 Å². The van der Waals surface area contributed by atoms with E-state index in [-0.39, 0.29) is 46.6 Å². The molecule has 0 saturated heterocycles. The van der Waals surface area contributed by atoms with Crippen molar-refractivity contribution < 1.29 is 18.9 Å². The Bertz CT molecular complexity index is 1190. The predicted octanol–water partition coefficient (Wildman–Crippen LogP) is 3.55. The van der Waals surface area contributed by atoms with Gasteiger partial charge in [-0.2, -0.15) is 0 Å². The lowest BCUT2D eigenvalue weighted by atomic mass is 9.98. The molecular formula is C20H15ClN2O6. The van der Waals surface area contributed by atoms with Crippen molar-refractivity contribution in [3.63, 3.8) is 0 Å². The third-order valence-corrected chi connectivity index (χ3v) is 5.12. The average Bonchev–Trinajstić information content (AvgIpc) is 2.99. The van der Waals surface area contributed by atoms with Gasteiger partial charge in [0.15, 0.2) is 5.43 Å². The van der Waals surface area contributed by atoms with Gasteiger partial charge in [-0.25, -0.2) is 0 Å². The average molecular weight is 415 g/mol. The quantitative estimate of drug-likeness (QED) is 0.467. The maximum Gasteiger partial charge on any atom is 0.290 e. The number of hydrogen-bond acceptors (Lipinski definition) is 6. The summed E-state index contributed by atoms with van der Waals surface area (Å²) in [6.07, 6.45) is 0.